The van der Waals surface area contributed by atoms with Crippen LogP contribution < -0.4 is 10.1 Å². The number of methoxy groups -OCH3 is 1. The molecule has 8 heteroatoms. The lowest BCUT2D eigenvalue weighted by Gasteiger charge is -2.06. The van der Waals surface area contributed by atoms with Crippen LogP contribution in [0.3, 0.4) is 0 Å². The Labute approximate surface area is 171 Å². The van der Waals surface area contributed by atoms with Crippen LogP contribution >= 0.6 is 0 Å². The van der Waals surface area contributed by atoms with Gasteiger partial charge in [-0.1, -0.05) is 11.3 Å². The molecule has 2 atom stereocenters. The Hall–Kier alpha value is -3.39. The lowest BCUT2D eigenvalue weighted by molar-refractivity contribution is 0.415. The van der Waals surface area contributed by atoms with Crippen molar-refractivity contribution in [2.45, 2.75) is 24.9 Å². The van der Waals surface area contributed by atoms with Crippen LogP contribution in [0, 0.1) is 11.6 Å². The fourth-order valence-electron chi connectivity index (χ4n) is 3.70. The minimum absolute atomic E-state index is 0.189. The van der Waals surface area contributed by atoms with E-state index in [-0.39, 0.29) is 12.0 Å². The van der Waals surface area contributed by atoms with Crippen LogP contribution in [-0.4, -0.2) is 33.1 Å². The number of hydrogen-bond donors (Lipinski definition) is 1. The van der Waals surface area contributed by atoms with Crippen LogP contribution in [0.15, 0.2) is 54.9 Å². The molecule has 5 rings (SSSR count). The highest BCUT2D eigenvalue weighted by atomic mass is 19.2. The van der Waals surface area contributed by atoms with Gasteiger partial charge in [-0.3, -0.25) is 4.98 Å². The summed E-state index contributed by atoms with van der Waals surface area (Å²) in [4.78, 5) is 4.40. The lowest BCUT2D eigenvalue weighted by atomic mass is 10.1. The summed E-state index contributed by atoms with van der Waals surface area (Å²) >= 11 is 0. The van der Waals surface area contributed by atoms with E-state index < -0.39 is 11.6 Å². The van der Waals surface area contributed by atoms with E-state index in [1.54, 1.807) is 24.1 Å². The maximum Gasteiger partial charge on any atom is 0.159 e. The zero-order valence-electron chi connectivity index (χ0n) is 16.2. The molecule has 0 spiro atoms. The molecule has 0 saturated heterocycles. The van der Waals surface area contributed by atoms with Crippen molar-refractivity contribution in [3.8, 4) is 11.4 Å². The van der Waals surface area contributed by atoms with Crippen molar-refractivity contribution in [2.24, 2.45) is 0 Å². The summed E-state index contributed by atoms with van der Waals surface area (Å²) in [6.07, 6.45) is 4.49. The predicted molar refractivity (Wildman–Crippen MR) is 108 cm³/mol. The third kappa shape index (κ3) is 3.50. The largest absolute Gasteiger partial charge is 0.497 e. The summed E-state index contributed by atoms with van der Waals surface area (Å²) in [5.74, 6) is -0.684. The van der Waals surface area contributed by atoms with Gasteiger partial charge in [-0.2, -0.15) is 0 Å². The molecule has 2 aromatic carbocycles. The van der Waals surface area contributed by atoms with Crippen LogP contribution in [0.5, 0.6) is 5.75 Å². The highest BCUT2D eigenvalue weighted by molar-refractivity contribution is 5.87. The van der Waals surface area contributed by atoms with Crippen molar-refractivity contribution in [1.82, 2.24) is 25.3 Å². The van der Waals surface area contributed by atoms with E-state index >= 15 is 0 Å². The maximum atomic E-state index is 13.4. The number of halogens is 2. The molecule has 0 amide bonds. The van der Waals surface area contributed by atoms with Gasteiger partial charge >= 0.3 is 0 Å². The van der Waals surface area contributed by atoms with E-state index in [1.165, 1.54) is 12.1 Å². The van der Waals surface area contributed by atoms with Crippen LogP contribution in [0.2, 0.25) is 0 Å². The summed E-state index contributed by atoms with van der Waals surface area (Å²) in [6.45, 7) is 0.543. The molecule has 4 aromatic rings. The van der Waals surface area contributed by atoms with Crippen LogP contribution in [-0.2, 0) is 6.54 Å². The molecule has 1 N–H and O–H groups in total. The minimum Gasteiger partial charge on any atom is -0.497 e. The molecule has 0 bridgehead atoms. The molecule has 2 heterocycles. The number of pyridine rings is 1. The topological polar surface area (TPSA) is 64.9 Å². The second-order valence-electron chi connectivity index (χ2n) is 7.37. The highest BCUT2D eigenvalue weighted by Crippen LogP contribution is 2.41. The molecule has 1 aliphatic carbocycles. The number of rotatable bonds is 6. The quantitative estimate of drug-likeness (QED) is 0.527. The first-order valence-corrected chi connectivity index (χ1v) is 9.65. The molecule has 6 nitrogen and oxygen atoms in total. The second kappa shape index (κ2) is 7.46. The number of nitrogens with zero attached hydrogens (tertiary/aromatic N) is 4. The number of hydrogen-bond acceptors (Lipinski definition) is 5. The van der Waals surface area contributed by atoms with E-state index in [0.717, 1.165) is 40.0 Å². The molecular formula is C22H19F2N5O. The molecular weight excluding hydrogens is 388 g/mol. The Bertz CT molecular complexity index is 1230. The first-order chi connectivity index (χ1) is 14.6. The molecule has 2 aromatic heterocycles. The van der Waals surface area contributed by atoms with Gasteiger partial charge in [0, 0.05) is 36.2 Å². The normalized spacial score (nSPS) is 18.0. The summed E-state index contributed by atoms with van der Waals surface area (Å²) in [6, 6.07) is 11.9. The van der Waals surface area contributed by atoms with Crippen molar-refractivity contribution in [3.05, 3.63) is 77.8 Å². The number of fused-ring (bicyclic) bond motifs is 1. The molecule has 1 aliphatic rings. The monoisotopic (exact) mass is 407 g/mol. The second-order valence-corrected chi connectivity index (χ2v) is 7.37. The SMILES string of the molecule is COc1ccc2c(-n3cc(CN[C@@H]4C[C@H]4c4ccc(F)c(F)c4)nn3)ccnc2c1. The molecule has 152 valence electrons. The fourth-order valence-corrected chi connectivity index (χ4v) is 3.70. The first-order valence-electron chi connectivity index (χ1n) is 9.65. The Balaban J connectivity index is 1.28. The molecule has 0 radical (unpaired) electrons. The van der Waals surface area contributed by atoms with Gasteiger partial charge in [0.05, 0.1) is 30.2 Å². The standard InChI is InChI=1S/C22H19F2N5O/c1-30-15-3-4-16-20(9-15)25-7-6-22(16)29-12-14(27-28-29)11-26-21-10-17(21)13-2-5-18(23)19(24)8-13/h2-9,12,17,21,26H,10-11H2,1H3/t17-,21+/m0/s1. The van der Waals surface area contributed by atoms with Crippen LogP contribution in [0.1, 0.15) is 23.6 Å². The Morgan fingerprint density at radius 3 is 2.87 bits per heavy atom. The van der Waals surface area contributed by atoms with Gasteiger partial charge in [-0.05, 0) is 42.3 Å². The predicted octanol–water partition coefficient (Wildman–Crippen LogP) is 3.75. The summed E-state index contributed by atoms with van der Waals surface area (Å²) in [5, 5.41) is 12.9. The van der Waals surface area contributed by atoms with Gasteiger partial charge in [-0.25, -0.2) is 13.5 Å². The van der Waals surface area contributed by atoms with E-state index in [4.69, 9.17) is 4.74 Å². The van der Waals surface area contributed by atoms with Gasteiger partial charge in [0.1, 0.15) is 5.75 Å². The molecule has 1 saturated carbocycles. The van der Waals surface area contributed by atoms with Crippen molar-refractivity contribution in [2.75, 3.05) is 7.11 Å². The van der Waals surface area contributed by atoms with E-state index in [9.17, 15) is 8.78 Å². The number of benzene rings is 2. The highest BCUT2D eigenvalue weighted by Gasteiger charge is 2.38. The Morgan fingerprint density at radius 2 is 2.03 bits per heavy atom. The van der Waals surface area contributed by atoms with Gasteiger partial charge < -0.3 is 10.1 Å². The van der Waals surface area contributed by atoms with Gasteiger partial charge in [0.2, 0.25) is 0 Å². The number of aromatic nitrogens is 4. The first kappa shape index (κ1) is 18.6. The van der Waals surface area contributed by atoms with Crippen molar-refractivity contribution in [1.29, 1.82) is 0 Å². The molecule has 30 heavy (non-hydrogen) atoms. The smallest absolute Gasteiger partial charge is 0.159 e. The van der Waals surface area contributed by atoms with Crippen molar-refractivity contribution in [3.63, 3.8) is 0 Å². The summed E-state index contributed by atoms with van der Waals surface area (Å²) in [7, 11) is 1.62. The van der Waals surface area contributed by atoms with E-state index in [1.807, 2.05) is 30.5 Å². The van der Waals surface area contributed by atoms with Gasteiger partial charge in [0.25, 0.3) is 0 Å². The number of ether oxygens (including phenoxy) is 1. The third-order valence-electron chi connectivity index (χ3n) is 5.42. The molecule has 0 unspecified atom stereocenters. The molecule has 1 fully saturated rings. The van der Waals surface area contributed by atoms with Crippen molar-refractivity contribution >= 4 is 10.9 Å². The van der Waals surface area contributed by atoms with E-state index in [2.05, 4.69) is 20.6 Å². The average Bonchev–Trinajstić information content (AvgIpc) is 3.40. The minimum atomic E-state index is -0.817. The van der Waals surface area contributed by atoms with Crippen molar-refractivity contribution < 1.29 is 13.5 Å². The lowest BCUT2D eigenvalue weighted by Crippen LogP contribution is -2.17. The summed E-state index contributed by atoms with van der Waals surface area (Å²) in [5.41, 5.74) is 3.31. The maximum absolute atomic E-state index is 13.4. The van der Waals surface area contributed by atoms with Crippen LogP contribution in [0.4, 0.5) is 8.78 Å². The van der Waals surface area contributed by atoms with Crippen LogP contribution in [0.25, 0.3) is 16.6 Å². The van der Waals surface area contributed by atoms with Gasteiger partial charge in [-0.15, -0.1) is 5.10 Å². The Kier molecular flexibility index (Phi) is 4.63. The van der Waals surface area contributed by atoms with E-state index in [0.29, 0.717) is 6.54 Å². The Morgan fingerprint density at radius 1 is 1.13 bits per heavy atom. The average molecular weight is 407 g/mol. The molecule has 0 aliphatic heterocycles. The fraction of sp³-hybridized carbons (Fsp3) is 0.227. The van der Waals surface area contributed by atoms with Gasteiger partial charge in [0.15, 0.2) is 11.6 Å². The zero-order chi connectivity index (χ0) is 20.7. The number of nitrogens with one attached hydrogen (secondary N) is 1. The summed E-state index contributed by atoms with van der Waals surface area (Å²) < 4.78 is 33.5. The zero-order valence-corrected chi connectivity index (χ0v) is 16.2. The third-order valence-corrected chi connectivity index (χ3v) is 5.42.